The molecule has 28 heavy (non-hydrogen) atoms. The van der Waals surface area contributed by atoms with Crippen molar-refractivity contribution in [1.29, 1.82) is 0 Å². The van der Waals surface area contributed by atoms with Gasteiger partial charge in [0.15, 0.2) is 0 Å². The minimum Gasteiger partial charge on any atom is -0.352 e. The molecule has 8 nitrogen and oxygen atoms in total. The van der Waals surface area contributed by atoms with E-state index < -0.39 is 11.9 Å². The fourth-order valence-corrected chi connectivity index (χ4v) is 3.87. The molecular weight excluding hydrogens is 358 g/mol. The van der Waals surface area contributed by atoms with Gasteiger partial charge in [-0.05, 0) is 24.6 Å². The number of benzene rings is 2. The molecule has 2 aromatic carbocycles. The molecule has 3 heterocycles. The molecule has 8 heteroatoms. The van der Waals surface area contributed by atoms with Gasteiger partial charge in [-0.2, -0.15) is 0 Å². The van der Waals surface area contributed by atoms with Crippen molar-refractivity contribution in [2.75, 3.05) is 10.2 Å². The number of piperidine rings is 1. The largest absolute Gasteiger partial charge is 0.352 e. The number of imide groups is 1. The summed E-state index contributed by atoms with van der Waals surface area (Å²) in [4.78, 5) is 46.5. The number of nitrogens with zero attached hydrogens (tertiary/aromatic N) is 3. The molecule has 2 N–H and O–H groups in total. The van der Waals surface area contributed by atoms with E-state index in [1.807, 2.05) is 24.3 Å². The second-order valence-corrected chi connectivity index (χ2v) is 6.75. The van der Waals surface area contributed by atoms with Crippen LogP contribution in [0.1, 0.15) is 23.2 Å². The molecular formula is C20H15N5O3. The van der Waals surface area contributed by atoms with Crippen LogP contribution in [-0.2, 0) is 9.59 Å². The number of hydrogen-bond donors (Lipinski definition) is 2. The van der Waals surface area contributed by atoms with E-state index in [-0.39, 0.29) is 18.2 Å². The highest BCUT2D eigenvalue weighted by molar-refractivity contribution is 6.28. The molecule has 3 aromatic rings. The van der Waals surface area contributed by atoms with Crippen LogP contribution >= 0.6 is 0 Å². The number of hydrogen-bond acceptors (Lipinski definition) is 6. The average Bonchev–Trinajstić information content (AvgIpc) is 2.98. The van der Waals surface area contributed by atoms with Crippen molar-refractivity contribution >= 4 is 45.6 Å². The van der Waals surface area contributed by atoms with Crippen LogP contribution in [0.5, 0.6) is 0 Å². The minimum atomic E-state index is -0.692. The summed E-state index contributed by atoms with van der Waals surface area (Å²) in [5.41, 5.74) is 2.77. The predicted molar refractivity (Wildman–Crippen MR) is 102 cm³/mol. The molecule has 138 valence electrons. The van der Waals surface area contributed by atoms with Crippen LogP contribution in [0.15, 0.2) is 49.1 Å². The molecule has 1 saturated heterocycles. The third-order valence-corrected chi connectivity index (χ3v) is 5.09. The number of nitrogens with one attached hydrogen (secondary N) is 2. The molecule has 1 aromatic heterocycles. The second-order valence-electron chi connectivity index (χ2n) is 6.75. The molecule has 1 atom stereocenters. The van der Waals surface area contributed by atoms with Gasteiger partial charge in [-0.15, -0.1) is 0 Å². The van der Waals surface area contributed by atoms with Crippen LogP contribution in [-0.4, -0.2) is 33.7 Å². The van der Waals surface area contributed by atoms with E-state index in [1.54, 1.807) is 18.5 Å². The van der Waals surface area contributed by atoms with Gasteiger partial charge < -0.3 is 5.32 Å². The number of aromatic nitrogens is 2. The lowest BCUT2D eigenvalue weighted by Gasteiger charge is -2.30. The fraction of sp³-hybridized carbons (Fsp3) is 0.150. The van der Waals surface area contributed by atoms with Gasteiger partial charge in [0.1, 0.15) is 12.4 Å². The van der Waals surface area contributed by atoms with Gasteiger partial charge in [-0.25, -0.2) is 9.97 Å². The zero-order valence-electron chi connectivity index (χ0n) is 14.7. The molecule has 2 aliphatic heterocycles. The van der Waals surface area contributed by atoms with Crippen molar-refractivity contribution in [2.45, 2.75) is 18.9 Å². The SMILES string of the molecule is O=C1CCC(N2C(=O)c3cccc4c(Nc5cncnc5)ccc2c34)C(=O)N1. The van der Waals surface area contributed by atoms with E-state index in [4.69, 9.17) is 0 Å². The summed E-state index contributed by atoms with van der Waals surface area (Å²) in [5.74, 6) is -0.968. The summed E-state index contributed by atoms with van der Waals surface area (Å²) in [7, 11) is 0. The number of carbonyl (C=O) groups excluding carboxylic acids is 3. The van der Waals surface area contributed by atoms with Crippen LogP contribution in [0.3, 0.4) is 0 Å². The number of amides is 3. The third kappa shape index (κ3) is 2.42. The number of rotatable bonds is 3. The monoisotopic (exact) mass is 373 g/mol. The normalized spacial score (nSPS) is 18.5. The highest BCUT2D eigenvalue weighted by atomic mass is 16.2. The van der Waals surface area contributed by atoms with E-state index in [2.05, 4.69) is 20.6 Å². The Morgan fingerprint density at radius 2 is 1.89 bits per heavy atom. The molecule has 0 bridgehead atoms. The Balaban J connectivity index is 1.61. The fourth-order valence-electron chi connectivity index (χ4n) is 3.87. The molecule has 2 aliphatic rings. The lowest BCUT2D eigenvalue weighted by molar-refractivity contribution is -0.134. The first-order valence-corrected chi connectivity index (χ1v) is 8.88. The van der Waals surface area contributed by atoms with Crippen LogP contribution in [0.25, 0.3) is 10.8 Å². The van der Waals surface area contributed by atoms with Gasteiger partial charge >= 0.3 is 0 Å². The second kappa shape index (κ2) is 6.12. The maximum absolute atomic E-state index is 13.1. The van der Waals surface area contributed by atoms with Crippen molar-refractivity contribution in [3.8, 4) is 0 Å². The summed E-state index contributed by atoms with van der Waals surface area (Å²) in [6.45, 7) is 0. The Labute approximate surface area is 159 Å². The molecule has 0 radical (unpaired) electrons. The number of carbonyl (C=O) groups is 3. The van der Waals surface area contributed by atoms with Crippen molar-refractivity contribution in [1.82, 2.24) is 15.3 Å². The quantitative estimate of drug-likeness (QED) is 0.682. The minimum absolute atomic E-state index is 0.216. The van der Waals surface area contributed by atoms with E-state index in [1.165, 1.54) is 11.2 Å². The van der Waals surface area contributed by atoms with Gasteiger partial charge in [0.25, 0.3) is 5.91 Å². The highest BCUT2D eigenvalue weighted by Crippen LogP contribution is 2.42. The first-order valence-electron chi connectivity index (χ1n) is 8.88. The smallest absolute Gasteiger partial charge is 0.259 e. The summed E-state index contributed by atoms with van der Waals surface area (Å²) < 4.78 is 0. The molecule has 3 amide bonds. The Kier molecular flexibility index (Phi) is 3.58. The molecule has 0 saturated carbocycles. The zero-order chi connectivity index (χ0) is 19.3. The van der Waals surface area contributed by atoms with Crippen molar-refractivity contribution in [2.24, 2.45) is 0 Å². The Hall–Kier alpha value is -3.81. The van der Waals surface area contributed by atoms with Gasteiger partial charge in [0.2, 0.25) is 11.8 Å². The van der Waals surface area contributed by atoms with Crippen LogP contribution in [0.4, 0.5) is 17.1 Å². The van der Waals surface area contributed by atoms with E-state index in [0.29, 0.717) is 17.7 Å². The maximum atomic E-state index is 13.1. The topological polar surface area (TPSA) is 104 Å². The predicted octanol–water partition coefficient (Wildman–Crippen LogP) is 2.14. The molecule has 5 rings (SSSR count). The molecule has 1 fully saturated rings. The summed E-state index contributed by atoms with van der Waals surface area (Å²) in [6.07, 6.45) is 5.31. The van der Waals surface area contributed by atoms with Gasteiger partial charge in [-0.1, -0.05) is 12.1 Å². The van der Waals surface area contributed by atoms with E-state index in [0.717, 1.165) is 22.1 Å². The van der Waals surface area contributed by atoms with Crippen LogP contribution in [0.2, 0.25) is 0 Å². The van der Waals surface area contributed by atoms with Crippen molar-refractivity contribution < 1.29 is 14.4 Å². The van der Waals surface area contributed by atoms with Gasteiger partial charge in [0, 0.05) is 28.4 Å². The molecule has 1 unspecified atom stereocenters. The standard InChI is InChI=1S/C20H15N5O3/c26-17-7-6-16(19(27)24-17)25-15-5-4-14(23-11-8-21-10-22-9-11)12-2-1-3-13(18(12)15)20(25)28/h1-5,8-10,16,23H,6-7H2,(H,24,26,27). The van der Waals surface area contributed by atoms with Crippen LogP contribution in [0, 0.1) is 0 Å². The molecule has 0 aliphatic carbocycles. The van der Waals surface area contributed by atoms with E-state index >= 15 is 0 Å². The van der Waals surface area contributed by atoms with E-state index in [9.17, 15) is 14.4 Å². The van der Waals surface area contributed by atoms with Gasteiger partial charge in [0.05, 0.1) is 23.8 Å². The lowest BCUT2D eigenvalue weighted by Crippen LogP contribution is -2.53. The number of anilines is 3. The third-order valence-electron chi connectivity index (χ3n) is 5.09. The highest BCUT2D eigenvalue weighted by Gasteiger charge is 2.40. The summed E-state index contributed by atoms with van der Waals surface area (Å²) in [5, 5.41) is 7.26. The first-order chi connectivity index (χ1) is 13.6. The first kappa shape index (κ1) is 16.4. The Morgan fingerprint density at radius 1 is 1.07 bits per heavy atom. The summed E-state index contributed by atoms with van der Waals surface area (Å²) in [6, 6.07) is 8.51. The summed E-state index contributed by atoms with van der Waals surface area (Å²) >= 11 is 0. The molecule has 0 spiro atoms. The zero-order valence-corrected chi connectivity index (χ0v) is 14.7. The van der Waals surface area contributed by atoms with Gasteiger partial charge in [-0.3, -0.25) is 24.6 Å². The van der Waals surface area contributed by atoms with Crippen molar-refractivity contribution in [3.63, 3.8) is 0 Å². The maximum Gasteiger partial charge on any atom is 0.259 e. The Morgan fingerprint density at radius 3 is 2.68 bits per heavy atom. The van der Waals surface area contributed by atoms with Crippen LogP contribution < -0.4 is 15.5 Å². The average molecular weight is 373 g/mol. The lowest BCUT2D eigenvalue weighted by atomic mass is 10.0. The van der Waals surface area contributed by atoms with Crippen molar-refractivity contribution in [3.05, 3.63) is 54.6 Å². The Bertz CT molecular complexity index is 1150.